The van der Waals surface area contributed by atoms with Gasteiger partial charge >= 0.3 is 0 Å². The topological polar surface area (TPSA) is 111 Å². The van der Waals surface area contributed by atoms with Crippen LogP contribution in [0.1, 0.15) is 40.1 Å². The molecular formula is C24H27N5O3S. The normalized spacial score (nSPS) is 16.1. The molecule has 0 aliphatic carbocycles. The van der Waals surface area contributed by atoms with Gasteiger partial charge in [-0.05, 0) is 37.6 Å². The predicted octanol–water partition coefficient (Wildman–Crippen LogP) is 4.12. The highest BCUT2D eigenvalue weighted by atomic mass is 32.2. The van der Waals surface area contributed by atoms with Crippen LogP contribution in [-0.2, 0) is 16.3 Å². The standard InChI is InChI=1S/C24H27N5O3S/c1-14-6-9-18-19(10-14)15(2)32-22-12-21(26-27-23(22)25)20-11-17(28-33(4,5)31)8-7-16(20)13-29(3)24(18)30/h6-12,15H,13H2,1-5H3,(H2,25,27)/t15-/m1/s1. The van der Waals surface area contributed by atoms with Gasteiger partial charge in [0.2, 0.25) is 0 Å². The number of nitrogens with zero attached hydrogens (tertiary/aromatic N) is 4. The van der Waals surface area contributed by atoms with Gasteiger partial charge in [-0.15, -0.1) is 10.2 Å². The van der Waals surface area contributed by atoms with Crippen LogP contribution in [0.4, 0.5) is 11.5 Å². The number of fused-ring (bicyclic) bond motifs is 5. The van der Waals surface area contributed by atoms with Gasteiger partial charge in [0.1, 0.15) is 6.10 Å². The van der Waals surface area contributed by atoms with E-state index in [-0.39, 0.29) is 11.7 Å². The molecule has 172 valence electrons. The van der Waals surface area contributed by atoms with E-state index in [2.05, 4.69) is 14.6 Å². The minimum Gasteiger partial charge on any atom is -0.482 e. The Kier molecular flexibility index (Phi) is 5.84. The van der Waals surface area contributed by atoms with Crippen molar-refractivity contribution in [3.63, 3.8) is 0 Å². The number of carbonyl (C=O) groups excluding carboxylic acids is 1. The van der Waals surface area contributed by atoms with Crippen LogP contribution in [0.3, 0.4) is 0 Å². The molecule has 0 spiro atoms. The molecule has 0 saturated heterocycles. The minimum absolute atomic E-state index is 0.117. The highest BCUT2D eigenvalue weighted by Crippen LogP contribution is 2.35. The second-order valence-corrected chi connectivity index (χ2v) is 11.2. The molecule has 8 nitrogen and oxygen atoms in total. The van der Waals surface area contributed by atoms with Crippen molar-refractivity contribution in [2.24, 2.45) is 4.36 Å². The summed E-state index contributed by atoms with van der Waals surface area (Å²) in [6.07, 6.45) is 2.71. The number of nitrogens with two attached hydrogens (primary N) is 1. The zero-order chi connectivity index (χ0) is 23.9. The molecule has 1 aliphatic heterocycles. The van der Waals surface area contributed by atoms with Gasteiger partial charge in [0, 0.05) is 58.6 Å². The Morgan fingerprint density at radius 3 is 2.61 bits per heavy atom. The van der Waals surface area contributed by atoms with Gasteiger partial charge in [-0.3, -0.25) is 4.79 Å². The van der Waals surface area contributed by atoms with Gasteiger partial charge < -0.3 is 15.4 Å². The van der Waals surface area contributed by atoms with Gasteiger partial charge in [-0.2, -0.15) is 4.36 Å². The first-order valence-electron chi connectivity index (χ1n) is 10.5. The van der Waals surface area contributed by atoms with Crippen LogP contribution in [0.2, 0.25) is 0 Å². The Morgan fingerprint density at radius 1 is 1.12 bits per heavy atom. The molecule has 4 rings (SSSR count). The number of hydrogen-bond acceptors (Lipinski definition) is 7. The number of rotatable bonds is 1. The summed E-state index contributed by atoms with van der Waals surface area (Å²) in [5.41, 5.74) is 11.1. The zero-order valence-electron chi connectivity index (χ0n) is 19.3. The predicted molar refractivity (Wildman–Crippen MR) is 130 cm³/mol. The van der Waals surface area contributed by atoms with Crippen LogP contribution in [0.25, 0.3) is 11.3 Å². The van der Waals surface area contributed by atoms with E-state index < -0.39 is 15.8 Å². The van der Waals surface area contributed by atoms with E-state index in [1.807, 2.05) is 38.1 Å². The first-order valence-corrected chi connectivity index (χ1v) is 12.8. The van der Waals surface area contributed by atoms with Crippen LogP contribution in [-0.4, -0.2) is 44.8 Å². The van der Waals surface area contributed by atoms with Crippen LogP contribution < -0.4 is 10.5 Å². The molecule has 2 bridgehead atoms. The fourth-order valence-corrected chi connectivity index (χ4v) is 4.48. The van der Waals surface area contributed by atoms with E-state index in [1.54, 1.807) is 42.7 Å². The van der Waals surface area contributed by atoms with Crippen molar-refractivity contribution in [1.29, 1.82) is 0 Å². The van der Waals surface area contributed by atoms with E-state index in [9.17, 15) is 9.00 Å². The summed E-state index contributed by atoms with van der Waals surface area (Å²) in [6.45, 7) is 4.19. The number of aromatic nitrogens is 2. The van der Waals surface area contributed by atoms with E-state index >= 15 is 0 Å². The van der Waals surface area contributed by atoms with Crippen molar-refractivity contribution in [2.45, 2.75) is 26.5 Å². The number of amides is 1. The maximum Gasteiger partial charge on any atom is 0.254 e. The molecular weight excluding hydrogens is 438 g/mol. The van der Waals surface area contributed by atoms with Crippen molar-refractivity contribution < 1.29 is 13.7 Å². The molecule has 2 N–H and O–H groups in total. The summed E-state index contributed by atoms with van der Waals surface area (Å²) in [5.74, 6) is 0.422. The monoisotopic (exact) mass is 465 g/mol. The third-order valence-corrected chi connectivity index (χ3v) is 6.06. The number of hydrogen-bond donors (Lipinski definition) is 1. The highest BCUT2D eigenvalue weighted by molar-refractivity contribution is 7.92. The number of carbonyl (C=O) groups is 1. The highest BCUT2D eigenvalue weighted by Gasteiger charge is 2.24. The second kappa shape index (κ2) is 8.47. The largest absolute Gasteiger partial charge is 0.482 e. The molecule has 0 unspecified atom stereocenters. The smallest absolute Gasteiger partial charge is 0.254 e. The van der Waals surface area contributed by atoms with Crippen molar-refractivity contribution in [3.8, 4) is 17.0 Å². The number of nitrogen functional groups attached to an aromatic ring is 1. The SMILES string of the molecule is Cc1ccc2c(c1)[C@@H](C)Oc1cc(nnc1N)-c1cc(N=S(C)(C)=O)ccc1CN(C)C2=O. The van der Waals surface area contributed by atoms with E-state index in [0.29, 0.717) is 34.8 Å². The maximum atomic E-state index is 13.4. The van der Waals surface area contributed by atoms with E-state index in [4.69, 9.17) is 10.5 Å². The molecule has 1 atom stereocenters. The lowest BCUT2D eigenvalue weighted by Crippen LogP contribution is -2.28. The Balaban J connectivity index is 1.94. The molecule has 1 amide bonds. The van der Waals surface area contributed by atoms with E-state index in [0.717, 1.165) is 16.7 Å². The number of ether oxygens (including phenoxy) is 1. The number of benzene rings is 2. The summed E-state index contributed by atoms with van der Waals surface area (Å²) in [6, 6.07) is 12.9. The lowest BCUT2D eigenvalue weighted by Gasteiger charge is -2.25. The zero-order valence-corrected chi connectivity index (χ0v) is 20.1. The molecule has 2 aromatic carbocycles. The lowest BCUT2D eigenvalue weighted by molar-refractivity contribution is 0.0780. The van der Waals surface area contributed by atoms with Crippen LogP contribution in [0.15, 0.2) is 46.8 Å². The van der Waals surface area contributed by atoms with E-state index in [1.165, 1.54) is 0 Å². The van der Waals surface area contributed by atoms with Crippen molar-refractivity contribution in [1.82, 2.24) is 15.1 Å². The Morgan fingerprint density at radius 2 is 1.88 bits per heavy atom. The number of anilines is 1. The average Bonchev–Trinajstić information content (AvgIpc) is 2.74. The van der Waals surface area contributed by atoms with Crippen LogP contribution in [0, 0.1) is 6.92 Å². The fourth-order valence-electron chi connectivity index (χ4n) is 3.86. The molecule has 3 aromatic rings. The third-order valence-electron chi connectivity index (χ3n) is 5.41. The summed E-state index contributed by atoms with van der Waals surface area (Å²) < 4.78 is 22.7. The number of aryl methyl sites for hydroxylation is 1. The first kappa shape index (κ1) is 22.7. The lowest BCUT2D eigenvalue weighted by atomic mass is 9.98. The summed E-state index contributed by atoms with van der Waals surface area (Å²) in [4.78, 5) is 15.1. The van der Waals surface area contributed by atoms with Crippen molar-refractivity contribution in [2.75, 3.05) is 25.3 Å². The fraction of sp³-hybridized carbons (Fsp3) is 0.292. The van der Waals surface area contributed by atoms with Gasteiger partial charge in [0.05, 0.1) is 11.4 Å². The van der Waals surface area contributed by atoms with Gasteiger partial charge in [-0.25, -0.2) is 4.21 Å². The quantitative estimate of drug-likeness (QED) is 0.579. The molecule has 0 saturated carbocycles. The molecule has 0 radical (unpaired) electrons. The third kappa shape index (κ3) is 4.83. The van der Waals surface area contributed by atoms with Crippen LogP contribution in [0.5, 0.6) is 5.75 Å². The molecule has 33 heavy (non-hydrogen) atoms. The molecule has 0 fully saturated rings. The van der Waals surface area contributed by atoms with Gasteiger partial charge in [0.15, 0.2) is 11.6 Å². The Hall–Kier alpha value is -3.46. The van der Waals surface area contributed by atoms with Gasteiger partial charge in [0.25, 0.3) is 5.91 Å². The molecule has 9 heteroatoms. The Labute approximate surface area is 194 Å². The molecule has 2 heterocycles. The average molecular weight is 466 g/mol. The van der Waals surface area contributed by atoms with Gasteiger partial charge in [-0.1, -0.05) is 23.8 Å². The first-order chi connectivity index (χ1) is 15.5. The second-order valence-electron chi connectivity index (χ2n) is 8.61. The van der Waals surface area contributed by atoms with Crippen LogP contribution >= 0.6 is 0 Å². The summed E-state index contributed by atoms with van der Waals surface area (Å²) >= 11 is 0. The Bertz CT molecular complexity index is 1370. The minimum atomic E-state index is -2.35. The van der Waals surface area contributed by atoms with Crippen molar-refractivity contribution in [3.05, 3.63) is 64.7 Å². The summed E-state index contributed by atoms with van der Waals surface area (Å²) in [7, 11) is -0.594. The molecule has 1 aromatic heterocycles. The summed E-state index contributed by atoms with van der Waals surface area (Å²) in [5, 5.41) is 8.38. The molecule has 1 aliphatic rings. The van der Waals surface area contributed by atoms with Crippen molar-refractivity contribution >= 4 is 27.1 Å². The maximum absolute atomic E-state index is 13.4.